The fourth-order valence-electron chi connectivity index (χ4n) is 3.16. The summed E-state index contributed by atoms with van der Waals surface area (Å²) in [4.78, 5) is 13.1. The topological polar surface area (TPSA) is 48.7 Å². The second kappa shape index (κ2) is 6.92. The number of fused-ring (bicyclic) bond motifs is 1. The maximum atomic E-state index is 12.0. The summed E-state index contributed by atoms with van der Waals surface area (Å²) in [6.07, 6.45) is 3.10. The molecule has 0 aliphatic carbocycles. The van der Waals surface area contributed by atoms with E-state index in [4.69, 9.17) is 13.9 Å². The third-order valence-electron chi connectivity index (χ3n) is 4.47. The van der Waals surface area contributed by atoms with Crippen LogP contribution in [0.15, 0.2) is 63.8 Å². The van der Waals surface area contributed by atoms with E-state index in [2.05, 4.69) is 18.2 Å². The van der Waals surface area contributed by atoms with Crippen LogP contribution in [0.1, 0.15) is 22.8 Å². The minimum Gasteiger partial charge on any atom is -0.497 e. The molecule has 3 aromatic rings. The van der Waals surface area contributed by atoms with Crippen molar-refractivity contribution >= 4 is 27.6 Å². The summed E-state index contributed by atoms with van der Waals surface area (Å²) in [7, 11) is 3.27. The Labute approximate surface area is 155 Å². The van der Waals surface area contributed by atoms with Gasteiger partial charge in [0.05, 0.1) is 14.2 Å². The van der Waals surface area contributed by atoms with Crippen LogP contribution in [0.2, 0.25) is 0 Å². The van der Waals surface area contributed by atoms with Crippen LogP contribution >= 0.6 is 11.8 Å². The number of hydrogen-bond acceptors (Lipinski definition) is 5. The lowest BCUT2D eigenvalue weighted by Gasteiger charge is -2.13. The van der Waals surface area contributed by atoms with Crippen molar-refractivity contribution in [2.24, 2.45) is 0 Å². The third-order valence-corrected chi connectivity index (χ3v) is 5.86. The van der Waals surface area contributed by atoms with Gasteiger partial charge in [-0.05, 0) is 36.2 Å². The Morgan fingerprint density at radius 2 is 1.85 bits per heavy atom. The molecule has 2 aromatic carbocycles. The van der Waals surface area contributed by atoms with Gasteiger partial charge in [0.2, 0.25) is 0 Å². The van der Waals surface area contributed by atoms with Crippen molar-refractivity contribution in [3.8, 4) is 11.5 Å². The zero-order valence-corrected chi connectivity index (χ0v) is 15.3. The summed E-state index contributed by atoms with van der Waals surface area (Å²) in [6.45, 7) is 0. The Balaban J connectivity index is 1.69. The van der Waals surface area contributed by atoms with Gasteiger partial charge in [-0.15, -0.1) is 11.8 Å². The summed E-state index contributed by atoms with van der Waals surface area (Å²) in [5, 5.41) is 1.22. The van der Waals surface area contributed by atoms with Gasteiger partial charge in [0.15, 0.2) is 0 Å². The molecule has 4 nitrogen and oxygen atoms in total. The minimum absolute atomic E-state index is 0.306. The summed E-state index contributed by atoms with van der Waals surface area (Å²) in [6, 6.07) is 15.3. The van der Waals surface area contributed by atoms with Gasteiger partial charge in [0.1, 0.15) is 17.1 Å². The Morgan fingerprint density at radius 1 is 1.04 bits per heavy atom. The largest absolute Gasteiger partial charge is 0.497 e. The zero-order chi connectivity index (χ0) is 18.1. The van der Waals surface area contributed by atoms with Gasteiger partial charge in [-0.1, -0.05) is 18.2 Å². The predicted molar refractivity (Wildman–Crippen MR) is 105 cm³/mol. The number of benzene rings is 2. The van der Waals surface area contributed by atoms with Crippen molar-refractivity contribution in [1.29, 1.82) is 0 Å². The first-order valence-electron chi connectivity index (χ1n) is 8.31. The molecular formula is C21H18O4S. The molecule has 0 amide bonds. The number of ether oxygens (including phenoxy) is 2. The van der Waals surface area contributed by atoms with E-state index in [0.29, 0.717) is 16.6 Å². The molecule has 1 atom stereocenters. The molecule has 132 valence electrons. The first-order chi connectivity index (χ1) is 12.7. The standard InChI is InChI=1S/C21H18O4S/c1-23-14-5-3-4-13(10-14)19-8-9-20(26-19)17-12-21(22)25-18-11-15(24-2)6-7-16(17)18/h3-7,9-12,19H,8H2,1-2H3. The summed E-state index contributed by atoms with van der Waals surface area (Å²) < 4.78 is 15.9. The smallest absolute Gasteiger partial charge is 0.336 e. The van der Waals surface area contributed by atoms with Gasteiger partial charge in [-0.3, -0.25) is 0 Å². The van der Waals surface area contributed by atoms with Gasteiger partial charge in [-0.25, -0.2) is 4.79 Å². The van der Waals surface area contributed by atoms with Crippen LogP contribution in [-0.4, -0.2) is 14.2 Å². The normalized spacial score (nSPS) is 16.5. The van der Waals surface area contributed by atoms with Gasteiger partial charge < -0.3 is 13.9 Å². The Morgan fingerprint density at radius 3 is 2.65 bits per heavy atom. The lowest BCUT2D eigenvalue weighted by atomic mass is 10.1. The van der Waals surface area contributed by atoms with Crippen molar-refractivity contribution < 1.29 is 13.9 Å². The highest BCUT2D eigenvalue weighted by Crippen LogP contribution is 2.49. The van der Waals surface area contributed by atoms with E-state index in [-0.39, 0.29) is 5.63 Å². The van der Waals surface area contributed by atoms with Crippen LogP contribution in [0.25, 0.3) is 15.9 Å². The van der Waals surface area contributed by atoms with E-state index < -0.39 is 0 Å². The van der Waals surface area contributed by atoms with Gasteiger partial charge in [-0.2, -0.15) is 0 Å². The first kappa shape index (κ1) is 16.8. The molecule has 0 saturated heterocycles. The van der Waals surface area contributed by atoms with Crippen LogP contribution in [0.5, 0.6) is 11.5 Å². The molecule has 5 heteroatoms. The molecule has 0 bridgehead atoms. The van der Waals surface area contributed by atoms with Crippen molar-refractivity contribution in [3.63, 3.8) is 0 Å². The van der Waals surface area contributed by atoms with Crippen LogP contribution in [0, 0.1) is 0 Å². The van der Waals surface area contributed by atoms with E-state index >= 15 is 0 Å². The number of methoxy groups -OCH3 is 2. The molecule has 0 radical (unpaired) electrons. The number of hydrogen-bond donors (Lipinski definition) is 0. The molecule has 1 aliphatic rings. The maximum absolute atomic E-state index is 12.0. The Hall–Kier alpha value is -2.66. The van der Waals surface area contributed by atoms with E-state index in [1.165, 1.54) is 5.56 Å². The van der Waals surface area contributed by atoms with E-state index in [0.717, 1.165) is 28.0 Å². The molecule has 26 heavy (non-hydrogen) atoms. The molecule has 1 aliphatic heterocycles. The highest BCUT2D eigenvalue weighted by Gasteiger charge is 2.23. The molecule has 0 fully saturated rings. The summed E-state index contributed by atoms with van der Waals surface area (Å²) >= 11 is 1.76. The molecule has 1 aromatic heterocycles. The molecule has 0 spiro atoms. The predicted octanol–water partition coefficient (Wildman–Crippen LogP) is 5.03. The molecule has 1 unspecified atom stereocenters. The first-order valence-corrected chi connectivity index (χ1v) is 9.19. The Bertz CT molecular complexity index is 1050. The van der Waals surface area contributed by atoms with Crippen LogP contribution < -0.4 is 15.1 Å². The second-order valence-electron chi connectivity index (χ2n) is 6.03. The van der Waals surface area contributed by atoms with Crippen LogP contribution in [0.4, 0.5) is 0 Å². The fraction of sp³-hybridized carbons (Fsp3) is 0.190. The lowest BCUT2D eigenvalue weighted by molar-refractivity contribution is 0.414. The maximum Gasteiger partial charge on any atom is 0.336 e. The van der Waals surface area contributed by atoms with Crippen molar-refractivity contribution in [2.45, 2.75) is 11.7 Å². The van der Waals surface area contributed by atoms with E-state index in [9.17, 15) is 4.79 Å². The zero-order valence-electron chi connectivity index (χ0n) is 14.5. The SMILES string of the molecule is COc1cccc(C2CC=C(c3cc(=O)oc4cc(OC)ccc34)S2)c1. The highest BCUT2D eigenvalue weighted by molar-refractivity contribution is 8.08. The number of thioether (sulfide) groups is 1. The van der Waals surface area contributed by atoms with Gasteiger partial charge in [0, 0.05) is 33.2 Å². The molecule has 0 N–H and O–H groups in total. The second-order valence-corrected chi connectivity index (χ2v) is 7.27. The van der Waals surface area contributed by atoms with Crippen molar-refractivity contribution in [1.82, 2.24) is 0 Å². The average molecular weight is 366 g/mol. The Kier molecular flexibility index (Phi) is 4.47. The van der Waals surface area contributed by atoms with Crippen molar-refractivity contribution in [3.05, 3.63) is 76.2 Å². The van der Waals surface area contributed by atoms with Gasteiger partial charge >= 0.3 is 5.63 Å². The van der Waals surface area contributed by atoms with Crippen molar-refractivity contribution in [2.75, 3.05) is 14.2 Å². The van der Waals surface area contributed by atoms with Gasteiger partial charge in [0.25, 0.3) is 0 Å². The number of allylic oxidation sites excluding steroid dienone is 1. The third kappa shape index (κ3) is 3.10. The monoisotopic (exact) mass is 366 g/mol. The molecule has 2 heterocycles. The molecule has 0 saturated carbocycles. The van der Waals surface area contributed by atoms with E-state index in [1.54, 1.807) is 38.1 Å². The van der Waals surface area contributed by atoms with Crippen LogP contribution in [0.3, 0.4) is 0 Å². The number of rotatable bonds is 4. The van der Waals surface area contributed by atoms with Crippen LogP contribution in [-0.2, 0) is 0 Å². The summed E-state index contributed by atoms with van der Waals surface area (Å²) in [5.41, 5.74) is 2.31. The van der Waals surface area contributed by atoms with E-state index in [1.807, 2.05) is 24.3 Å². The fourth-order valence-corrected chi connectivity index (χ4v) is 4.43. The molecule has 4 rings (SSSR count). The highest BCUT2D eigenvalue weighted by atomic mass is 32.2. The molecular weight excluding hydrogens is 348 g/mol. The lowest BCUT2D eigenvalue weighted by Crippen LogP contribution is -1.99. The summed E-state index contributed by atoms with van der Waals surface area (Å²) in [5.74, 6) is 1.52. The average Bonchev–Trinajstić information content (AvgIpc) is 3.17. The quantitative estimate of drug-likeness (QED) is 0.606. The minimum atomic E-state index is -0.355.